The number of halogens is 1. The Balaban J connectivity index is 1.36. The molecule has 1 aromatic carbocycles. The number of carbonyl (C=O) groups excluding carboxylic acids is 2. The maximum Gasteiger partial charge on any atom is 0.257 e. The number of rotatable bonds is 6. The van der Waals surface area contributed by atoms with Crippen LogP contribution in [0.3, 0.4) is 0 Å². The van der Waals surface area contributed by atoms with Gasteiger partial charge in [-0.15, -0.1) is 0 Å². The zero-order valence-corrected chi connectivity index (χ0v) is 18.8. The average Bonchev–Trinajstić information content (AvgIpc) is 2.80. The highest BCUT2D eigenvalue weighted by Crippen LogP contribution is 2.24. The number of nitrogens with zero attached hydrogens (tertiary/aromatic N) is 3. The maximum atomic E-state index is 12.5. The molecule has 3 aromatic rings. The van der Waals surface area contributed by atoms with E-state index in [-0.39, 0.29) is 17.7 Å². The summed E-state index contributed by atoms with van der Waals surface area (Å²) < 4.78 is 6.59. The first-order valence-corrected chi connectivity index (χ1v) is 11.0. The number of amides is 2. The third-order valence-electron chi connectivity index (χ3n) is 5.17. The van der Waals surface area contributed by atoms with Crippen molar-refractivity contribution in [2.24, 2.45) is 11.7 Å². The second-order valence-corrected chi connectivity index (χ2v) is 8.41. The second-order valence-electron chi connectivity index (χ2n) is 7.49. The predicted octanol–water partition coefficient (Wildman–Crippen LogP) is 3.99. The number of carbonyl (C=O) groups is 2. The molecule has 0 aliphatic carbocycles. The van der Waals surface area contributed by atoms with Crippen LogP contribution >= 0.6 is 15.9 Å². The topological polar surface area (TPSA) is 110 Å². The molecular formula is C23H22BrN5O3. The number of primary amides is 1. The Morgan fingerprint density at radius 2 is 2.00 bits per heavy atom. The number of nitrogens with one attached hydrogen (secondary N) is 1. The first kappa shape index (κ1) is 21.8. The first-order valence-electron chi connectivity index (χ1n) is 10.2. The Morgan fingerprint density at radius 1 is 1.12 bits per heavy atom. The lowest BCUT2D eigenvalue weighted by Crippen LogP contribution is -2.41. The van der Waals surface area contributed by atoms with Gasteiger partial charge in [0.1, 0.15) is 11.6 Å². The van der Waals surface area contributed by atoms with Gasteiger partial charge in [-0.25, -0.2) is 9.97 Å². The highest BCUT2D eigenvalue weighted by molar-refractivity contribution is 9.10. The van der Waals surface area contributed by atoms with Crippen molar-refractivity contribution in [2.45, 2.75) is 12.8 Å². The standard InChI is InChI=1S/C23H22BrN5O3/c24-17-4-1-5-19(11-17)32-21-9-6-15(12-27-21)23(31)28-18-7-8-20(26-13-18)29-10-2-3-16(14-29)22(25)30/h1,4-9,11-13,16H,2-3,10,14H2,(H2,25,30)(H,28,31). The molecule has 1 saturated heterocycles. The Morgan fingerprint density at radius 3 is 2.69 bits per heavy atom. The smallest absolute Gasteiger partial charge is 0.257 e. The van der Waals surface area contributed by atoms with Crippen LogP contribution in [0.15, 0.2) is 65.4 Å². The lowest BCUT2D eigenvalue weighted by atomic mass is 9.97. The van der Waals surface area contributed by atoms with Crippen LogP contribution in [-0.4, -0.2) is 34.9 Å². The highest BCUT2D eigenvalue weighted by atomic mass is 79.9. The van der Waals surface area contributed by atoms with Crippen LogP contribution in [0.25, 0.3) is 0 Å². The molecule has 0 bridgehead atoms. The molecule has 32 heavy (non-hydrogen) atoms. The summed E-state index contributed by atoms with van der Waals surface area (Å²) >= 11 is 3.39. The van der Waals surface area contributed by atoms with E-state index in [1.54, 1.807) is 24.4 Å². The second kappa shape index (κ2) is 9.78. The number of hydrogen-bond acceptors (Lipinski definition) is 6. The van der Waals surface area contributed by atoms with Crippen LogP contribution in [0, 0.1) is 5.92 Å². The van der Waals surface area contributed by atoms with Gasteiger partial charge >= 0.3 is 0 Å². The van der Waals surface area contributed by atoms with Crippen molar-refractivity contribution >= 4 is 39.2 Å². The molecule has 9 heteroatoms. The lowest BCUT2D eigenvalue weighted by Gasteiger charge is -2.32. The van der Waals surface area contributed by atoms with Gasteiger partial charge in [0, 0.05) is 29.8 Å². The van der Waals surface area contributed by atoms with Crippen LogP contribution in [0.5, 0.6) is 11.6 Å². The van der Waals surface area contributed by atoms with Crippen molar-refractivity contribution in [2.75, 3.05) is 23.3 Å². The molecule has 0 spiro atoms. The van der Waals surface area contributed by atoms with E-state index in [4.69, 9.17) is 10.5 Å². The number of hydrogen-bond donors (Lipinski definition) is 2. The minimum Gasteiger partial charge on any atom is -0.439 e. The first-order chi connectivity index (χ1) is 15.5. The van der Waals surface area contributed by atoms with Crippen molar-refractivity contribution in [3.8, 4) is 11.6 Å². The van der Waals surface area contributed by atoms with E-state index >= 15 is 0 Å². The normalized spacial score (nSPS) is 15.8. The van der Waals surface area contributed by atoms with Crippen molar-refractivity contribution in [3.63, 3.8) is 0 Å². The molecule has 4 rings (SSSR count). The molecule has 0 radical (unpaired) electrons. The minimum atomic E-state index is -0.298. The van der Waals surface area contributed by atoms with Crippen LogP contribution in [-0.2, 0) is 4.79 Å². The van der Waals surface area contributed by atoms with Gasteiger partial charge < -0.3 is 20.7 Å². The van der Waals surface area contributed by atoms with Gasteiger partial charge in [-0.1, -0.05) is 22.0 Å². The number of anilines is 2. The van der Waals surface area contributed by atoms with Crippen LogP contribution in [0.4, 0.5) is 11.5 Å². The summed E-state index contributed by atoms with van der Waals surface area (Å²) in [5, 5.41) is 2.81. The van der Waals surface area contributed by atoms with E-state index < -0.39 is 0 Å². The van der Waals surface area contributed by atoms with Crippen molar-refractivity contribution in [1.82, 2.24) is 9.97 Å². The molecule has 164 valence electrons. The summed E-state index contributed by atoms with van der Waals surface area (Å²) in [4.78, 5) is 34.7. The van der Waals surface area contributed by atoms with E-state index in [1.165, 1.54) is 6.20 Å². The number of benzene rings is 1. The average molecular weight is 496 g/mol. The Kier molecular flexibility index (Phi) is 6.65. The van der Waals surface area contributed by atoms with Crippen LogP contribution in [0.1, 0.15) is 23.2 Å². The molecule has 2 amide bonds. The van der Waals surface area contributed by atoms with Gasteiger partial charge in [-0.3, -0.25) is 9.59 Å². The predicted molar refractivity (Wildman–Crippen MR) is 125 cm³/mol. The van der Waals surface area contributed by atoms with Gasteiger partial charge in [-0.05, 0) is 49.2 Å². The SMILES string of the molecule is NC(=O)C1CCCN(c2ccc(NC(=O)c3ccc(Oc4cccc(Br)c4)nc3)cn2)C1. The largest absolute Gasteiger partial charge is 0.439 e. The number of aromatic nitrogens is 2. The number of nitrogens with two attached hydrogens (primary N) is 1. The Bertz CT molecular complexity index is 1110. The molecule has 3 N–H and O–H groups in total. The van der Waals surface area contributed by atoms with Gasteiger partial charge in [0.05, 0.1) is 23.4 Å². The van der Waals surface area contributed by atoms with Crippen LogP contribution in [0.2, 0.25) is 0 Å². The quantitative estimate of drug-likeness (QED) is 0.534. The Hall–Kier alpha value is -3.46. The maximum absolute atomic E-state index is 12.5. The summed E-state index contributed by atoms with van der Waals surface area (Å²) in [7, 11) is 0. The molecule has 1 unspecified atom stereocenters. The van der Waals surface area contributed by atoms with Gasteiger partial charge in [0.15, 0.2) is 0 Å². The van der Waals surface area contributed by atoms with Crippen molar-refractivity contribution < 1.29 is 14.3 Å². The number of piperidine rings is 1. The zero-order chi connectivity index (χ0) is 22.5. The fourth-order valence-corrected chi connectivity index (χ4v) is 3.87. The molecule has 0 saturated carbocycles. The monoisotopic (exact) mass is 495 g/mol. The summed E-state index contributed by atoms with van der Waals surface area (Å²) in [6.45, 7) is 1.39. The molecule has 1 atom stereocenters. The molecule has 8 nitrogen and oxygen atoms in total. The fraction of sp³-hybridized carbons (Fsp3) is 0.217. The molecule has 2 aromatic heterocycles. The summed E-state index contributed by atoms with van der Waals surface area (Å²) in [5.74, 6) is 1.05. The summed E-state index contributed by atoms with van der Waals surface area (Å²) in [6, 6.07) is 14.3. The van der Waals surface area contributed by atoms with E-state index in [0.29, 0.717) is 29.4 Å². The molecule has 1 aliphatic rings. The molecule has 1 fully saturated rings. The number of ether oxygens (including phenoxy) is 1. The van der Waals surface area contributed by atoms with Crippen molar-refractivity contribution in [1.29, 1.82) is 0 Å². The van der Waals surface area contributed by atoms with Crippen molar-refractivity contribution in [3.05, 3.63) is 71.0 Å². The van der Waals surface area contributed by atoms with Gasteiger partial charge in [0.2, 0.25) is 11.8 Å². The fourth-order valence-electron chi connectivity index (χ4n) is 3.49. The number of pyridine rings is 2. The van der Waals surface area contributed by atoms with E-state index in [9.17, 15) is 9.59 Å². The van der Waals surface area contributed by atoms with Gasteiger partial charge in [0.25, 0.3) is 5.91 Å². The van der Waals surface area contributed by atoms with E-state index in [0.717, 1.165) is 29.7 Å². The third-order valence-corrected chi connectivity index (χ3v) is 5.66. The third kappa shape index (κ3) is 5.42. The highest BCUT2D eigenvalue weighted by Gasteiger charge is 2.24. The molecular weight excluding hydrogens is 474 g/mol. The van der Waals surface area contributed by atoms with E-state index in [1.807, 2.05) is 35.2 Å². The summed E-state index contributed by atoms with van der Waals surface area (Å²) in [5.41, 5.74) is 6.41. The minimum absolute atomic E-state index is 0.159. The van der Waals surface area contributed by atoms with Crippen LogP contribution < -0.4 is 20.7 Å². The molecule has 1 aliphatic heterocycles. The lowest BCUT2D eigenvalue weighted by molar-refractivity contribution is -0.122. The van der Waals surface area contributed by atoms with E-state index in [2.05, 4.69) is 31.2 Å². The Labute approximate surface area is 193 Å². The molecule has 3 heterocycles. The summed E-state index contributed by atoms with van der Waals surface area (Å²) in [6.07, 6.45) is 4.75. The zero-order valence-electron chi connectivity index (χ0n) is 17.2. The van der Waals surface area contributed by atoms with Gasteiger partial charge in [-0.2, -0.15) is 0 Å².